The second-order valence-electron chi connectivity index (χ2n) is 7.14. The van der Waals surface area contributed by atoms with Crippen molar-refractivity contribution in [3.05, 3.63) is 59.4 Å². The van der Waals surface area contributed by atoms with Crippen molar-refractivity contribution in [2.75, 3.05) is 4.90 Å². The van der Waals surface area contributed by atoms with E-state index in [1.165, 1.54) is 54.5 Å². The summed E-state index contributed by atoms with van der Waals surface area (Å²) in [7, 11) is 0. The van der Waals surface area contributed by atoms with Gasteiger partial charge in [0.15, 0.2) is 0 Å². The lowest BCUT2D eigenvalue weighted by molar-refractivity contribution is 0.279. The monoisotopic (exact) mass is 306 g/mol. The molecule has 2 heterocycles. The first kappa shape index (κ1) is 14.7. The average molecular weight is 306 g/mol. The molecule has 0 radical (unpaired) electrons. The number of pyridine rings is 1. The summed E-state index contributed by atoms with van der Waals surface area (Å²) in [4.78, 5) is 7.26. The second kappa shape index (κ2) is 5.67. The second-order valence-corrected chi connectivity index (χ2v) is 7.14. The van der Waals surface area contributed by atoms with Crippen LogP contribution in [0.2, 0.25) is 0 Å². The maximum atomic E-state index is 4.50. The predicted octanol–water partition coefficient (Wildman–Crippen LogP) is 5.52. The molecule has 120 valence electrons. The number of aryl methyl sites for hydroxylation is 1. The standard InChI is InChI=1S/C21H26N2/c1-3-19-17-11-14-22-15-18(17)21(12-7-4-8-13-21)23(19)20-10-6-5-9-16(20)2/h5-6,9-11,14-15,19H,3-4,7-8,12-13H2,1-2H3. The average Bonchev–Trinajstić information content (AvgIpc) is 2.86. The van der Waals surface area contributed by atoms with E-state index in [0.717, 1.165) is 6.42 Å². The molecule has 1 unspecified atom stereocenters. The van der Waals surface area contributed by atoms with Crippen LogP contribution in [-0.4, -0.2) is 4.98 Å². The first-order valence-electron chi connectivity index (χ1n) is 9.07. The van der Waals surface area contributed by atoms with Crippen LogP contribution in [0.4, 0.5) is 5.69 Å². The first-order valence-corrected chi connectivity index (χ1v) is 9.07. The molecule has 1 atom stereocenters. The van der Waals surface area contributed by atoms with Crippen molar-refractivity contribution < 1.29 is 0 Å². The van der Waals surface area contributed by atoms with Gasteiger partial charge in [-0.2, -0.15) is 0 Å². The zero-order valence-corrected chi connectivity index (χ0v) is 14.3. The van der Waals surface area contributed by atoms with E-state index in [1.807, 2.05) is 6.20 Å². The van der Waals surface area contributed by atoms with Gasteiger partial charge in [0.2, 0.25) is 0 Å². The van der Waals surface area contributed by atoms with E-state index in [0.29, 0.717) is 6.04 Å². The molecule has 2 aromatic rings. The molecule has 1 aliphatic carbocycles. The van der Waals surface area contributed by atoms with Gasteiger partial charge in [0, 0.05) is 23.6 Å². The van der Waals surface area contributed by atoms with E-state index < -0.39 is 0 Å². The number of anilines is 1. The fourth-order valence-electron chi connectivity index (χ4n) is 4.93. The molecule has 23 heavy (non-hydrogen) atoms. The highest BCUT2D eigenvalue weighted by molar-refractivity contribution is 5.63. The quantitative estimate of drug-likeness (QED) is 0.726. The Morgan fingerprint density at radius 3 is 2.65 bits per heavy atom. The van der Waals surface area contributed by atoms with Gasteiger partial charge in [0.05, 0.1) is 11.6 Å². The van der Waals surface area contributed by atoms with Gasteiger partial charge in [0.25, 0.3) is 0 Å². The third-order valence-corrected chi connectivity index (χ3v) is 5.93. The van der Waals surface area contributed by atoms with E-state index in [4.69, 9.17) is 0 Å². The topological polar surface area (TPSA) is 16.1 Å². The highest BCUT2D eigenvalue weighted by Crippen LogP contribution is 2.56. The van der Waals surface area contributed by atoms with Crippen molar-refractivity contribution in [2.24, 2.45) is 0 Å². The van der Waals surface area contributed by atoms with E-state index in [1.54, 1.807) is 0 Å². The molecule has 1 spiro atoms. The Kier molecular flexibility index (Phi) is 3.63. The lowest BCUT2D eigenvalue weighted by Gasteiger charge is -2.46. The normalized spacial score (nSPS) is 22.3. The summed E-state index contributed by atoms with van der Waals surface area (Å²) in [5.74, 6) is 0. The fourth-order valence-corrected chi connectivity index (χ4v) is 4.93. The van der Waals surface area contributed by atoms with Crippen LogP contribution >= 0.6 is 0 Å². The zero-order valence-electron chi connectivity index (χ0n) is 14.3. The van der Waals surface area contributed by atoms with Gasteiger partial charge in [-0.05, 0) is 49.4 Å². The third-order valence-electron chi connectivity index (χ3n) is 5.93. The lowest BCUT2D eigenvalue weighted by Crippen LogP contribution is -2.44. The predicted molar refractivity (Wildman–Crippen MR) is 95.7 cm³/mol. The summed E-state index contributed by atoms with van der Waals surface area (Å²) in [5.41, 5.74) is 5.96. The summed E-state index contributed by atoms with van der Waals surface area (Å²) in [6, 6.07) is 11.6. The minimum Gasteiger partial charge on any atom is -0.354 e. The number of aromatic nitrogens is 1. The largest absolute Gasteiger partial charge is 0.354 e. The van der Waals surface area contributed by atoms with Gasteiger partial charge in [-0.15, -0.1) is 0 Å². The van der Waals surface area contributed by atoms with Crippen molar-refractivity contribution in [3.8, 4) is 0 Å². The highest BCUT2D eigenvalue weighted by atomic mass is 15.3. The Balaban J connectivity index is 1.93. The van der Waals surface area contributed by atoms with Crippen LogP contribution in [-0.2, 0) is 5.54 Å². The summed E-state index contributed by atoms with van der Waals surface area (Å²) in [5, 5.41) is 0. The Labute approximate surface area is 139 Å². The Morgan fingerprint density at radius 1 is 1.13 bits per heavy atom. The summed E-state index contributed by atoms with van der Waals surface area (Å²) in [6.07, 6.45) is 11.8. The molecule has 1 aliphatic heterocycles. The number of hydrogen-bond donors (Lipinski definition) is 0. The molecule has 2 nitrogen and oxygen atoms in total. The zero-order chi connectivity index (χ0) is 15.9. The van der Waals surface area contributed by atoms with Gasteiger partial charge in [-0.1, -0.05) is 44.4 Å². The molecule has 1 saturated carbocycles. The maximum absolute atomic E-state index is 4.50. The molecule has 1 aromatic heterocycles. The van der Waals surface area contributed by atoms with Gasteiger partial charge >= 0.3 is 0 Å². The Bertz CT molecular complexity index is 700. The van der Waals surface area contributed by atoms with E-state index in [-0.39, 0.29) is 5.54 Å². The minimum absolute atomic E-state index is 0.161. The molecule has 1 fully saturated rings. The number of hydrogen-bond acceptors (Lipinski definition) is 2. The molecular formula is C21H26N2. The van der Waals surface area contributed by atoms with Crippen molar-refractivity contribution in [2.45, 2.75) is 64.0 Å². The van der Waals surface area contributed by atoms with Crippen molar-refractivity contribution in [1.82, 2.24) is 4.98 Å². The molecule has 0 N–H and O–H groups in total. The van der Waals surface area contributed by atoms with Crippen LogP contribution in [0.3, 0.4) is 0 Å². The SMILES string of the molecule is CCC1c2ccncc2C2(CCCCC2)N1c1ccccc1C. The lowest BCUT2D eigenvalue weighted by atomic mass is 9.77. The van der Waals surface area contributed by atoms with E-state index >= 15 is 0 Å². The number of para-hydroxylation sites is 1. The Morgan fingerprint density at radius 2 is 1.91 bits per heavy atom. The van der Waals surface area contributed by atoms with Crippen LogP contribution in [0.15, 0.2) is 42.7 Å². The molecule has 2 aliphatic rings. The van der Waals surface area contributed by atoms with Crippen LogP contribution < -0.4 is 4.90 Å². The fraction of sp³-hybridized carbons (Fsp3) is 0.476. The van der Waals surface area contributed by atoms with Crippen molar-refractivity contribution >= 4 is 5.69 Å². The maximum Gasteiger partial charge on any atom is 0.0678 e. The Hall–Kier alpha value is -1.83. The third kappa shape index (κ3) is 2.11. The van der Waals surface area contributed by atoms with Crippen LogP contribution in [0.1, 0.15) is 68.2 Å². The molecule has 0 amide bonds. The molecule has 0 bridgehead atoms. The molecule has 0 saturated heterocycles. The molecular weight excluding hydrogens is 280 g/mol. The first-order chi connectivity index (χ1) is 11.3. The number of benzene rings is 1. The van der Waals surface area contributed by atoms with Crippen LogP contribution in [0.5, 0.6) is 0 Å². The van der Waals surface area contributed by atoms with Gasteiger partial charge in [0.1, 0.15) is 0 Å². The smallest absolute Gasteiger partial charge is 0.0678 e. The minimum atomic E-state index is 0.161. The van der Waals surface area contributed by atoms with E-state index in [2.05, 4.69) is 60.3 Å². The van der Waals surface area contributed by atoms with Crippen molar-refractivity contribution in [3.63, 3.8) is 0 Å². The highest BCUT2D eigenvalue weighted by Gasteiger charge is 2.50. The molecule has 1 aromatic carbocycles. The molecule has 2 heteroatoms. The van der Waals surface area contributed by atoms with Crippen LogP contribution in [0.25, 0.3) is 0 Å². The van der Waals surface area contributed by atoms with Crippen LogP contribution in [0, 0.1) is 6.92 Å². The summed E-state index contributed by atoms with van der Waals surface area (Å²) < 4.78 is 0. The van der Waals surface area contributed by atoms with Gasteiger partial charge in [-0.3, -0.25) is 4.98 Å². The van der Waals surface area contributed by atoms with Crippen molar-refractivity contribution in [1.29, 1.82) is 0 Å². The summed E-state index contributed by atoms with van der Waals surface area (Å²) >= 11 is 0. The van der Waals surface area contributed by atoms with Gasteiger partial charge in [-0.25, -0.2) is 0 Å². The molecule has 4 rings (SSSR count). The summed E-state index contributed by atoms with van der Waals surface area (Å²) in [6.45, 7) is 4.57. The number of nitrogens with zero attached hydrogens (tertiary/aromatic N) is 2. The number of rotatable bonds is 2. The van der Waals surface area contributed by atoms with E-state index in [9.17, 15) is 0 Å². The number of fused-ring (bicyclic) bond motifs is 2. The van der Waals surface area contributed by atoms with Gasteiger partial charge < -0.3 is 4.90 Å².